The minimum Gasteiger partial charge on any atom is -0.507 e. The second-order valence-corrected chi connectivity index (χ2v) is 9.13. The van der Waals surface area contributed by atoms with Crippen LogP contribution in [-0.2, 0) is 4.79 Å². The number of hydrogen-bond donors (Lipinski definition) is 2. The lowest BCUT2D eigenvalue weighted by Crippen LogP contribution is -2.53. The van der Waals surface area contributed by atoms with Gasteiger partial charge >= 0.3 is 0 Å². The van der Waals surface area contributed by atoms with Gasteiger partial charge in [0.15, 0.2) is 5.82 Å². The highest BCUT2D eigenvalue weighted by atomic mass is 19.1. The highest BCUT2D eigenvalue weighted by Gasteiger charge is 2.34. The molecule has 0 unspecified atom stereocenters. The molecule has 1 atom stereocenters. The molecule has 168 valence electrons. The van der Waals surface area contributed by atoms with Gasteiger partial charge in [-0.3, -0.25) is 4.79 Å². The van der Waals surface area contributed by atoms with Crippen molar-refractivity contribution in [3.8, 4) is 17.1 Å². The summed E-state index contributed by atoms with van der Waals surface area (Å²) in [6, 6.07) is 11.2. The van der Waals surface area contributed by atoms with Crippen molar-refractivity contribution in [2.45, 2.75) is 26.9 Å². The van der Waals surface area contributed by atoms with Crippen LogP contribution in [0.15, 0.2) is 42.5 Å². The molecule has 1 fully saturated rings. The third kappa shape index (κ3) is 4.23. The number of carbonyl (C=O) groups is 1. The van der Waals surface area contributed by atoms with Gasteiger partial charge in [0, 0.05) is 31.6 Å². The fourth-order valence-corrected chi connectivity index (χ4v) is 3.79. The molecule has 2 N–H and O–H groups in total. The summed E-state index contributed by atoms with van der Waals surface area (Å²) >= 11 is 0. The van der Waals surface area contributed by atoms with E-state index in [1.165, 1.54) is 12.1 Å². The highest BCUT2D eigenvalue weighted by Crippen LogP contribution is 2.32. The number of aromatic nitrogens is 2. The van der Waals surface area contributed by atoms with E-state index in [1.807, 2.05) is 25.7 Å². The molecule has 1 saturated heterocycles. The maximum atomic E-state index is 14.0. The number of para-hydroxylation sites is 1. The topological polar surface area (TPSA) is 89.8 Å². The number of amides is 1. The molecule has 4 rings (SSSR count). The zero-order chi connectivity index (χ0) is 23.0. The van der Waals surface area contributed by atoms with Gasteiger partial charge in [0.25, 0.3) is 5.91 Å². The number of aliphatic hydroxyl groups excluding tert-OH is 1. The number of piperazine rings is 1. The Hall–Kier alpha value is -3.26. The quantitative estimate of drug-likeness (QED) is 0.653. The number of halogens is 1. The number of rotatable bonds is 3. The second kappa shape index (κ2) is 8.35. The third-order valence-corrected chi connectivity index (χ3v) is 5.73. The van der Waals surface area contributed by atoms with Crippen molar-refractivity contribution in [3.63, 3.8) is 0 Å². The van der Waals surface area contributed by atoms with Crippen LogP contribution in [0.5, 0.6) is 5.75 Å². The van der Waals surface area contributed by atoms with E-state index >= 15 is 0 Å². The number of nitrogens with zero attached hydrogens (tertiary/aromatic N) is 4. The van der Waals surface area contributed by atoms with E-state index < -0.39 is 11.5 Å². The van der Waals surface area contributed by atoms with E-state index in [0.29, 0.717) is 54.3 Å². The first-order valence-corrected chi connectivity index (χ1v) is 10.6. The summed E-state index contributed by atoms with van der Waals surface area (Å²) in [5, 5.41) is 21.2. The van der Waals surface area contributed by atoms with Crippen LogP contribution in [0.2, 0.25) is 0 Å². The van der Waals surface area contributed by atoms with Crippen LogP contribution in [0.25, 0.3) is 22.3 Å². The van der Waals surface area contributed by atoms with E-state index in [0.717, 1.165) is 0 Å². The molecule has 1 aromatic heterocycles. The number of aliphatic hydroxyl groups is 1. The maximum Gasteiger partial charge on any atom is 0.252 e. The monoisotopic (exact) mass is 438 g/mol. The van der Waals surface area contributed by atoms with Crippen LogP contribution in [-0.4, -0.2) is 63.3 Å². The molecule has 0 aliphatic carbocycles. The van der Waals surface area contributed by atoms with E-state index in [-0.39, 0.29) is 17.5 Å². The lowest BCUT2D eigenvalue weighted by atomic mass is 9.88. The SMILES string of the molecule is CC(C)(C)[C@H](O)C(=O)N1CCN(c2nc(-c3ccccc3O)nc3ccc(F)cc23)CC1. The van der Waals surface area contributed by atoms with Gasteiger partial charge < -0.3 is 20.0 Å². The molecule has 2 aromatic carbocycles. The predicted octanol–water partition coefficient (Wildman–Crippen LogP) is 3.20. The first-order chi connectivity index (χ1) is 15.1. The zero-order valence-electron chi connectivity index (χ0n) is 18.4. The number of phenolic OH excluding ortho intramolecular Hbond substituents is 1. The van der Waals surface area contributed by atoms with Gasteiger partial charge in [-0.05, 0) is 35.7 Å². The Morgan fingerprint density at radius 3 is 2.41 bits per heavy atom. The molecule has 1 aliphatic rings. The Bertz CT molecular complexity index is 1150. The Morgan fingerprint density at radius 2 is 1.75 bits per heavy atom. The van der Waals surface area contributed by atoms with Crippen molar-refractivity contribution in [3.05, 3.63) is 48.3 Å². The van der Waals surface area contributed by atoms with Crippen LogP contribution in [0.4, 0.5) is 10.2 Å². The third-order valence-electron chi connectivity index (χ3n) is 5.73. The van der Waals surface area contributed by atoms with Crippen molar-refractivity contribution >= 4 is 22.6 Å². The Balaban J connectivity index is 1.66. The Labute approximate surface area is 186 Å². The second-order valence-electron chi connectivity index (χ2n) is 9.13. The molecule has 8 heteroatoms. The van der Waals surface area contributed by atoms with Crippen LogP contribution < -0.4 is 4.90 Å². The molecule has 0 spiro atoms. The summed E-state index contributed by atoms with van der Waals surface area (Å²) < 4.78 is 14.0. The Kier molecular flexibility index (Phi) is 5.73. The molecule has 1 amide bonds. The summed E-state index contributed by atoms with van der Waals surface area (Å²) in [7, 11) is 0. The number of anilines is 1. The minimum atomic E-state index is -1.07. The standard InChI is InChI=1S/C24H27FN4O3/c1-24(2,3)20(31)23(32)29-12-10-28(11-13-29)22-17-14-15(25)8-9-18(17)26-21(27-22)16-6-4-5-7-19(16)30/h4-9,14,20,30-31H,10-13H2,1-3H3/t20-/m1/s1. The number of benzene rings is 2. The smallest absolute Gasteiger partial charge is 0.252 e. The zero-order valence-corrected chi connectivity index (χ0v) is 18.4. The molecule has 2 heterocycles. The number of hydrogen-bond acceptors (Lipinski definition) is 6. The van der Waals surface area contributed by atoms with Crippen molar-refractivity contribution < 1.29 is 19.4 Å². The molecule has 0 saturated carbocycles. The van der Waals surface area contributed by atoms with E-state index in [2.05, 4.69) is 9.97 Å². The van der Waals surface area contributed by atoms with Gasteiger partial charge in [-0.1, -0.05) is 32.9 Å². The van der Waals surface area contributed by atoms with Gasteiger partial charge in [0.05, 0.1) is 11.1 Å². The number of fused-ring (bicyclic) bond motifs is 1. The first kappa shape index (κ1) is 22.0. The van der Waals surface area contributed by atoms with Gasteiger partial charge in [0.2, 0.25) is 0 Å². The van der Waals surface area contributed by atoms with Crippen LogP contribution >= 0.6 is 0 Å². The van der Waals surface area contributed by atoms with Crippen molar-refractivity contribution in [2.24, 2.45) is 5.41 Å². The van der Waals surface area contributed by atoms with Crippen LogP contribution in [0.3, 0.4) is 0 Å². The lowest BCUT2D eigenvalue weighted by Gasteiger charge is -2.38. The maximum absolute atomic E-state index is 14.0. The summed E-state index contributed by atoms with van der Waals surface area (Å²) in [6.45, 7) is 7.27. The summed E-state index contributed by atoms with van der Waals surface area (Å²) in [4.78, 5) is 25.5. The normalized spacial score (nSPS) is 15.8. The molecular formula is C24H27FN4O3. The molecular weight excluding hydrogens is 411 g/mol. The largest absolute Gasteiger partial charge is 0.507 e. The lowest BCUT2D eigenvalue weighted by molar-refractivity contribution is -0.146. The average molecular weight is 439 g/mol. The molecule has 0 radical (unpaired) electrons. The fraction of sp³-hybridized carbons (Fsp3) is 0.375. The number of phenols is 1. The summed E-state index contributed by atoms with van der Waals surface area (Å²) in [5.41, 5.74) is 0.514. The van der Waals surface area contributed by atoms with Gasteiger partial charge in [-0.2, -0.15) is 0 Å². The van der Waals surface area contributed by atoms with Crippen molar-refractivity contribution in [1.82, 2.24) is 14.9 Å². The minimum absolute atomic E-state index is 0.0616. The van der Waals surface area contributed by atoms with Crippen LogP contribution in [0, 0.1) is 11.2 Å². The van der Waals surface area contributed by atoms with Gasteiger partial charge in [-0.25, -0.2) is 14.4 Å². The average Bonchev–Trinajstić information content (AvgIpc) is 2.77. The van der Waals surface area contributed by atoms with E-state index in [9.17, 15) is 19.4 Å². The number of carbonyl (C=O) groups excluding carboxylic acids is 1. The molecule has 3 aromatic rings. The highest BCUT2D eigenvalue weighted by molar-refractivity contribution is 5.91. The van der Waals surface area contributed by atoms with Gasteiger partial charge in [0.1, 0.15) is 23.5 Å². The van der Waals surface area contributed by atoms with Crippen molar-refractivity contribution in [2.75, 3.05) is 31.1 Å². The summed E-state index contributed by atoms with van der Waals surface area (Å²) in [6.07, 6.45) is -1.07. The van der Waals surface area contributed by atoms with Crippen molar-refractivity contribution in [1.29, 1.82) is 0 Å². The molecule has 7 nitrogen and oxygen atoms in total. The molecule has 32 heavy (non-hydrogen) atoms. The van der Waals surface area contributed by atoms with E-state index in [4.69, 9.17) is 0 Å². The number of aromatic hydroxyl groups is 1. The molecule has 1 aliphatic heterocycles. The summed E-state index contributed by atoms with van der Waals surface area (Å²) in [5.74, 6) is 0.284. The molecule has 0 bridgehead atoms. The first-order valence-electron chi connectivity index (χ1n) is 10.6. The van der Waals surface area contributed by atoms with E-state index in [1.54, 1.807) is 35.2 Å². The predicted molar refractivity (Wildman–Crippen MR) is 121 cm³/mol. The fourth-order valence-electron chi connectivity index (χ4n) is 3.79. The van der Waals surface area contributed by atoms with Crippen LogP contribution in [0.1, 0.15) is 20.8 Å². The Morgan fingerprint density at radius 1 is 1.06 bits per heavy atom. The van der Waals surface area contributed by atoms with Gasteiger partial charge in [-0.15, -0.1) is 0 Å².